The van der Waals surface area contributed by atoms with Crippen molar-refractivity contribution in [1.82, 2.24) is 4.57 Å². The van der Waals surface area contributed by atoms with Crippen LogP contribution in [0.5, 0.6) is 0 Å². The Morgan fingerprint density at radius 3 is 2.82 bits per heavy atom. The maximum Gasteiger partial charge on any atom is 0.179 e. The molecule has 0 fully saturated rings. The Labute approximate surface area is 131 Å². The average molecular weight is 301 g/mol. The lowest BCUT2D eigenvalue weighted by atomic mass is 9.94. The van der Waals surface area contributed by atoms with Crippen LogP contribution in [0.4, 0.5) is 0 Å². The van der Waals surface area contributed by atoms with E-state index < -0.39 is 6.10 Å². The molecule has 1 aliphatic carbocycles. The van der Waals surface area contributed by atoms with Crippen molar-refractivity contribution in [2.45, 2.75) is 51.8 Å². The Balaban J connectivity index is 1.98. The summed E-state index contributed by atoms with van der Waals surface area (Å²) in [6, 6.07) is 8.64. The molecule has 1 atom stereocenters. The molecule has 0 aliphatic heterocycles. The minimum absolute atomic E-state index is 0.220. The van der Waals surface area contributed by atoms with E-state index in [1.807, 2.05) is 16.7 Å². The lowest BCUT2D eigenvalue weighted by Crippen LogP contribution is -2.90. The summed E-state index contributed by atoms with van der Waals surface area (Å²) in [5.74, 6) is 0.220. The predicted molar refractivity (Wildman–Crippen MR) is 87.1 cm³/mol. The van der Waals surface area contributed by atoms with Crippen LogP contribution in [-0.4, -0.2) is 34.1 Å². The maximum absolute atomic E-state index is 12.4. The number of rotatable bonds is 5. The largest absolute Gasteiger partial charge is 0.385 e. The fourth-order valence-corrected chi connectivity index (χ4v) is 3.40. The van der Waals surface area contributed by atoms with E-state index in [2.05, 4.69) is 31.3 Å². The molecule has 0 bridgehead atoms. The number of hydrogen-bond donors (Lipinski definition) is 2. The summed E-state index contributed by atoms with van der Waals surface area (Å²) in [6.45, 7) is 5.38. The summed E-state index contributed by atoms with van der Waals surface area (Å²) in [5.41, 5.74) is 3.08. The van der Waals surface area contributed by atoms with E-state index in [-0.39, 0.29) is 5.78 Å². The highest BCUT2D eigenvalue weighted by atomic mass is 16.3. The summed E-state index contributed by atoms with van der Waals surface area (Å²) < 4.78 is 2.05. The second-order valence-corrected chi connectivity index (χ2v) is 6.60. The molecule has 4 nitrogen and oxygen atoms in total. The Bertz CT molecular complexity index is 688. The first kappa shape index (κ1) is 15.3. The van der Waals surface area contributed by atoms with Crippen LogP contribution in [0, 0.1) is 0 Å². The zero-order chi connectivity index (χ0) is 15.7. The number of carbonyl (C=O) groups excluding carboxylic acids is 1. The Morgan fingerprint density at radius 1 is 1.27 bits per heavy atom. The molecular weight excluding hydrogens is 276 g/mol. The van der Waals surface area contributed by atoms with E-state index in [9.17, 15) is 9.90 Å². The van der Waals surface area contributed by atoms with Gasteiger partial charge in [-0.1, -0.05) is 18.2 Å². The zero-order valence-electron chi connectivity index (χ0n) is 13.4. The van der Waals surface area contributed by atoms with E-state index >= 15 is 0 Å². The highest BCUT2D eigenvalue weighted by molar-refractivity contribution is 6.04. The summed E-state index contributed by atoms with van der Waals surface area (Å²) >= 11 is 0. The lowest BCUT2D eigenvalue weighted by molar-refractivity contribution is -0.688. The fraction of sp³-hybridized carbons (Fsp3) is 0.500. The quantitative estimate of drug-likeness (QED) is 0.879. The van der Waals surface area contributed by atoms with E-state index in [1.165, 1.54) is 10.9 Å². The van der Waals surface area contributed by atoms with Gasteiger partial charge in [0.15, 0.2) is 5.78 Å². The predicted octanol–water partition coefficient (Wildman–Crippen LogP) is 1.49. The van der Waals surface area contributed by atoms with Gasteiger partial charge in [-0.3, -0.25) is 4.79 Å². The van der Waals surface area contributed by atoms with Crippen LogP contribution >= 0.6 is 0 Å². The van der Waals surface area contributed by atoms with Crippen LogP contribution in [0.15, 0.2) is 24.3 Å². The number of hydrogen-bond acceptors (Lipinski definition) is 2. The van der Waals surface area contributed by atoms with E-state index in [4.69, 9.17) is 0 Å². The number of quaternary nitrogens is 1. The molecule has 4 heteroatoms. The van der Waals surface area contributed by atoms with Gasteiger partial charge in [0.25, 0.3) is 0 Å². The number of carbonyl (C=O) groups is 1. The van der Waals surface area contributed by atoms with Crippen LogP contribution < -0.4 is 5.32 Å². The Kier molecular flexibility index (Phi) is 4.32. The SMILES string of the molecule is CC(C)[NH2+]C[C@@H](O)Cn1c2c(c3ccccc31)CCCC2=O. The maximum atomic E-state index is 12.4. The number of aromatic nitrogens is 1. The van der Waals surface area contributed by atoms with E-state index in [1.54, 1.807) is 0 Å². The second-order valence-electron chi connectivity index (χ2n) is 6.60. The van der Waals surface area contributed by atoms with Crippen LogP contribution in [0.25, 0.3) is 10.9 Å². The number of aliphatic hydroxyl groups excluding tert-OH is 1. The minimum Gasteiger partial charge on any atom is -0.385 e. The number of para-hydroxylation sites is 1. The second kappa shape index (κ2) is 6.23. The standard InChI is InChI=1S/C18H24N2O2/c1-12(2)19-10-13(21)11-20-16-8-4-3-6-14(16)15-7-5-9-17(22)18(15)20/h3-4,6,8,12-13,19,21H,5,7,9-11H2,1-2H3/p+1/t13-/m1/s1. The van der Waals surface area contributed by atoms with Crippen molar-refractivity contribution < 1.29 is 15.2 Å². The van der Waals surface area contributed by atoms with Gasteiger partial charge in [0.1, 0.15) is 12.6 Å². The van der Waals surface area contributed by atoms with E-state index in [0.29, 0.717) is 25.6 Å². The third-order valence-electron chi connectivity index (χ3n) is 4.44. The van der Waals surface area contributed by atoms with Gasteiger partial charge in [0.05, 0.1) is 18.3 Å². The molecule has 1 aliphatic rings. The minimum atomic E-state index is -0.447. The summed E-state index contributed by atoms with van der Waals surface area (Å²) in [6.07, 6.45) is 2.07. The first-order valence-electron chi connectivity index (χ1n) is 8.22. The molecule has 1 heterocycles. The molecule has 22 heavy (non-hydrogen) atoms. The number of ketones is 1. The van der Waals surface area contributed by atoms with Crippen LogP contribution in [0.1, 0.15) is 42.7 Å². The molecule has 1 aromatic heterocycles. The first-order chi connectivity index (χ1) is 10.6. The van der Waals surface area contributed by atoms with Crippen molar-refractivity contribution in [2.75, 3.05) is 6.54 Å². The van der Waals surface area contributed by atoms with Gasteiger partial charge in [0.2, 0.25) is 0 Å². The molecule has 0 unspecified atom stereocenters. The highest BCUT2D eigenvalue weighted by Gasteiger charge is 2.26. The van der Waals surface area contributed by atoms with Gasteiger partial charge in [0, 0.05) is 17.3 Å². The number of aliphatic hydroxyl groups is 1. The van der Waals surface area contributed by atoms with Crippen LogP contribution in [-0.2, 0) is 13.0 Å². The topological polar surface area (TPSA) is 58.8 Å². The molecule has 0 saturated carbocycles. The Morgan fingerprint density at radius 2 is 2.05 bits per heavy atom. The normalized spacial score (nSPS) is 16.3. The van der Waals surface area contributed by atoms with Gasteiger partial charge in [-0.05, 0) is 38.3 Å². The number of benzene rings is 1. The van der Waals surface area contributed by atoms with Crippen molar-refractivity contribution in [3.05, 3.63) is 35.5 Å². The van der Waals surface area contributed by atoms with Crippen molar-refractivity contribution in [2.24, 2.45) is 0 Å². The van der Waals surface area contributed by atoms with Gasteiger partial charge in [-0.2, -0.15) is 0 Å². The van der Waals surface area contributed by atoms with E-state index in [0.717, 1.165) is 24.1 Å². The summed E-state index contributed by atoms with van der Waals surface area (Å²) in [5, 5.41) is 13.7. The summed E-state index contributed by atoms with van der Waals surface area (Å²) in [7, 11) is 0. The number of Topliss-reactive ketones (excluding diaryl/α,β-unsaturated/α-hetero) is 1. The molecule has 0 saturated heterocycles. The van der Waals surface area contributed by atoms with Gasteiger partial charge >= 0.3 is 0 Å². The zero-order valence-corrected chi connectivity index (χ0v) is 13.4. The molecular formula is C18H25N2O2+. The molecule has 0 amide bonds. The summed E-state index contributed by atoms with van der Waals surface area (Å²) in [4.78, 5) is 12.4. The van der Waals surface area contributed by atoms with Gasteiger partial charge < -0.3 is 15.0 Å². The Hall–Kier alpha value is -1.65. The molecule has 3 N–H and O–H groups in total. The van der Waals surface area contributed by atoms with Gasteiger partial charge in [-0.15, -0.1) is 0 Å². The number of nitrogens with two attached hydrogens (primary N) is 1. The third-order valence-corrected chi connectivity index (χ3v) is 4.44. The van der Waals surface area contributed by atoms with Crippen molar-refractivity contribution in [3.8, 4) is 0 Å². The van der Waals surface area contributed by atoms with Crippen molar-refractivity contribution in [3.63, 3.8) is 0 Å². The highest BCUT2D eigenvalue weighted by Crippen LogP contribution is 2.32. The van der Waals surface area contributed by atoms with Crippen LogP contribution in [0.2, 0.25) is 0 Å². The van der Waals surface area contributed by atoms with Crippen LogP contribution in [0.3, 0.4) is 0 Å². The fourth-order valence-electron chi connectivity index (χ4n) is 3.40. The number of fused-ring (bicyclic) bond motifs is 3. The molecule has 0 spiro atoms. The van der Waals surface area contributed by atoms with Crippen molar-refractivity contribution in [1.29, 1.82) is 0 Å². The molecule has 3 rings (SSSR count). The average Bonchev–Trinajstić information content (AvgIpc) is 2.81. The molecule has 1 aromatic carbocycles. The molecule has 0 radical (unpaired) electrons. The molecule has 2 aromatic rings. The first-order valence-corrected chi connectivity index (χ1v) is 8.22. The number of nitrogens with zero attached hydrogens (tertiary/aromatic N) is 1. The molecule has 118 valence electrons. The van der Waals surface area contributed by atoms with Crippen molar-refractivity contribution >= 4 is 16.7 Å². The van der Waals surface area contributed by atoms with Gasteiger partial charge in [-0.25, -0.2) is 0 Å². The smallest absolute Gasteiger partial charge is 0.179 e. The lowest BCUT2D eigenvalue weighted by Gasteiger charge is -2.18. The third kappa shape index (κ3) is 2.81. The monoisotopic (exact) mass is 301 g/mol. The number of aryl methyl sites for hydroxylation is 1.